The monoisotopic (exact) mass is 907 g/mol. The van der Waals surface area contributed by atoms with Gasteiger partial charge in [0.1, 0.15) is 36.8 Å². The van der Waals surface area contributed by atoms with Crippen molar-refractivity contribution in [2.24, 2.45) is 0 Å². The van der Waals surface area contributed by atoms with E-state index in [1.54, 1.807) is 0 Å². The molecule has 0 aromatic carbocycles. The van der Waals surface area contributed by atoms with Gasteiger partial charge in [-0.3, -0.25) is 14.1 Å². The lowest BCUT2D eigenvalue weighted by Crippen LogP contribution is -2.60. The van der Waals surface area contributed by atoms with Gasteiger partial charge in [-0.05, 0) is 12.8 Å². The number of unbranched alkanes of at least 4 members (excludes halogenated alkanes) is 32. The van der Waals surface area contributed by atoms with Crippen molar-refractivity contribution < 1.29 is 56.8 Å². The van der Waals surface area contributed by atoms with Crippen molar-refractivity contribution in [3.8, 4) is 0 Å². The van der Waals surface area contributed by atoms with E-state index >= 15 is 0 Å². The molecule has 2 unspecified atom stereocenters. The fourth-order valence-electron chi connectivity index (χ4n) is 8.21. The molecular formula is C49H94O12S. The first-order valence-electron chi connectivity index (χ1n) is 25.6. The number of carbonyl (C=O) groups is 2. The second kappa shape index (κ2) is 40.0. The molecule has 0 spiro atoms. The van der Waals surface area contributed by atoms with E-state index in [0.717, 1.165) is 38.5 Å². The van der Waals surface area contributed by atoms with Crippen molar-refractivity contribution in [1.29, 1.82) is 0 Å². The Bertz CT molecular complexity index is 1150. The number of hydrogen-bond donors (Lipinski definition) is 4. The highest BCUT2D eigenvalue weighted by Gasteiger charge is 2.46. The van der Waals surface area contributed by atoms with E-state index in [4.69, 9.17) is 18.9 Å². The van der Waals surface area contributed by atoms with Gasteiger partial charge in [0.2, 0.25) is 0 Å². The Morgan fingerprint density at radius 2 is 0.823 bits per heavy atom. The lowest BCUT2D eigenvalue weighted by molar-refractivity contribution is -0.297. The van der Waals surface area contributed by atoms with Crippen molar-refractivity contribution in [2.45, 2.75) is 282 Å². The Balaban J connectivity index is 2.33. The Kier molecular flexibility index (Phi) is 37.8. The van der Waals surface area contributed by atoms with Crippen LogP contribution in [0, 0.1) is 0 Å². The van der Waals surface area contributed by atoms with Gasteiger partial charge in [-0.1, -0.05) is 219 Å². The molecular weight excluding hydrogens is 813 g/mol. The molecule has 0 saturated carbocycles. The van der Waals surface area contributed by atoms with Crippen LogP contribution in [-0.4, -0.2) is 96.0 Å². The summed E-state index contributed by atoms with van der Waals surface area (Å²) in [4.78, 5) is 25.5. The number of hydrogen-bond acceptors (Lipinski definition) is 11. The second-order valence-corrected chi connectivity index (χ2v) is 19.7. The zero-order valence-corrected chi connectivity index (χ0v) is 40.3. The number of esters is 2. The summed E-state index contributed by atoms with van der Waals surface area (Å²) in [5, 5.41) is 30.9. The van der Waals surface area contributed by atoms with Gasteiger partial charge < -0.3 is 34.3 Å². The van der Waals surface area contributed by atoms with Crippen LogP contribution in [0.1, 0.15) is 245 Å². The van der Waals surface area contributed by atoms with E-state index in [2.05, 4.69) is 13.8 Å². The molecule has 1 heterocycles. The van der Waals surface area contributed by atoms with Gasteiger partial charge in [0.25, 0.3) is 10.1 Å². The highest BCUT2D eigenvalue weighted by molar-refractivity contribution is 7.85. The minimum absolute atomic E-state index is 0.172. The molecule has 1 aliphatic rings. The van der Waals surface area contributed by atoms with Crippen LogP contribution in [-0.2, 0) is 38.7 Å². The van der Waals surface area contributed by atoms with Gasteiger partial charge in [0, 0.05) is 12.8 Å². The predicted molar refractivity (Wildman–Crippen MR) is 247 cm³/mol. The molecule has 1 fully saturated rings. The third kappa shape index (κ3) is 34.1. The molecule has 368 valence electrons. The highest BCUT2D eigenvalue weighted by Crippen LogP contribution is 2.24. The van der Waals surface area contributed by atoms with Crippen LogP contribution in [0.5, 0.6) is 0 Å². The molecule has 12 nitrogen and oxygen atoms in total. The number of carbonyl (C=O) groups excluding carboxylic acids is 2. The summed E-state index contributed by atoms with van der Waals surface area (Å²) in [6, 6.07) is 0. The average Bonchev–Trinajstić information content (AvgIpc) is 3.24. The Morgan fingerprint density at radius 1 is 0.484 bits per heavy atom. The minimum Gasteiger partial charge on any atom is -0.462 e. The SMILES string of the molecule is CCCCCCCCCCCCCCCCCCCCCCCC(=O)OC[C@H](CO[C@H]1O[C@H](CS(=O)(=O)O)[C@@H](O)C(O)C1O)OC(=O)CCCCCCCCCCCCCCC. The largest absolute Gasteiger partial charge is 0.462 e. The lowest BCUT2D eigenvalue weighted by Gasteiger charge is -2.40. The number of rotatable bonds is 44. The molecule has 13 heteroatoms. The smallest absolute Gasteiger partial charge is 0.306 e. The van der Waals surface area contributed by atoms with Gasteiger partial charge in [0.15, 0.2) is 12.4 Å². The summed E-state index contributed by atoms with van der Waals surface area (Å²) < 4.78 is 54.2. The summed E-state index contributed by atoms with van der Waals surface area (Å²) in [5.41, 5.74) is 0. The quantitative estimate of drug-likeness (QED) is 0.0258. The maximum atomic E-state index is 12.8. The van der Waals surface area contributed by atoms with Crippen LogP contribution in [0.15, 0.2) is 0 Å². The van der Waals surface area contributed by atoms with Crippen LogP contribution < -0.4 is 0 Å². The van der Waals surface area contributed by atoms with E-state index in [1.165, 1.54) is 167 Å². The zero-order valence-electron chi connectivity index (χ0n) is 39.5. The van der Waals surface area contributed by atoms with Crippen LogP contribution in [0.25, 0.3) is 0 Å². The first-order chi connectivity index (χ1) is 30.0. The van der Waals surface area contributed by atoms with Gasteiger partial charge >= 0.3 is 11.9 Å². The fraction of sp³-hybridized carbons (Fsp3) is 0.959. The van der Waals surface area contributed by atoms with E-state index < -0.39 is 71.2 Å². The molecule has 0 amide bonds. The van der Waals surface area contributed by atoms with Gasteiger partial charge in [-0.25, -0.2) is 0 Å². The summed E-state index contributed by atoms with van der Waals surface area (Å²) in [6.45, 7) is 3.80. The van der Waals surface area contributed by atoms with Gasteiger partial charge in [-0.2, -0.15) is 8.42 Å². The predicted octanol–water partition coefficient (Wildman–Crippen LogP) is 11.2. The molecule has 62 heavy (non-hydrogen) atoms. The van der Waals surface area contributed by atoms with Crippen LogP contribution in [0.2, 0.25) is 0 Å². The van der Waals surface area contributed by atoms with Crippen molar-refractivity contribution in [3.05, 3.63) is 0 Å². The molecule has 0 bridgehead atoms. The average molecular weight is 907 g/mol. The summed E-state index contributed by atoms with van der Waals surface area (Å²) in [7, 11) is -4.60. The maximum Gasteiger partial charge on any atom is 0.306 e. The first-order valence-corrected chi connectivity index (χ1v) is 27.2. The van der Waals surface area contributed by atoms with Crippen LogP contribution in [0.4, 0.5) is 0 Å². The van der Waals surface area contributed by atoms with E-state index in [0.29, 0.717) is 12.8 Å². The third-order valence-electron chi connectivity index (χ3n) is 12.2. The fourth-order valence-corrected chi connectivity index (χ4v) is 8.90. The molecule has 0 radical (unpaired) electrons. The van der Waals surface area contributed by atoms with Crippen molar-refractivity contribution in [1.82, 2.24) is 0 Å². The van der Waals surface area contributed by atoms with Crippen molar-refractivity contribution in [2.75, 3.05) is 19.0 Å². The molecule has 0 aliphatic carbocycles. The summed E-state index contributed by atoms with van der Waals surface area (Å²) in [6.07, 6.45) is 32.9. The highest BCUT2D eigenvalue weighted by atomic mass is 32.2. The number of aliphatic hydroxyl groups is 3. The van der Waals surface area contributed by atoms with E-state index in [-0.39, 0.29) is 19.4 Å². The number of ether oxygens (including phenoxy) is 4. The van der Waals surface area contributed by atoms with Crippen molar-refractivity contribution >= 4 is 22.1 Å². The standard InChI is InChI=1S/C49H94O12S/c1-3-5-7-9-11-13-15-17-18-19-20-21-22-23-24-26-27-29-31-33-35-37-44(50)58-39-42(40-59-49-48(54)47(53)46(52)43(61-49)41-62(55,56)57)60-45(51)38-36-34-32-30-28-25-16-14-12-10-8-6-4-2/h42-43,46-49,52-54H,3-41H2,1-2H3,(H,55,56,57)/t42-,43-,46-,47?,48?,49+/m1/s1. The molecule has 4 N–H and O–H groups in total. The van der Waals surface area contributed by atoms with E-state index in [1.807, 2.05) is 0 Å². The topological polar surface area (TPSA) is 186 Å². The normalized spacial score (nSPS) is 19.7. The van der Waals surface area contributed by atoms with Crippen LogP contribution in [0.3, 0.4) is 0 Å². The summed E-state index contributed by atoms with van der Waals surface area (Å²) >= 11 is 0. The lowest BCUT2D eigenvalue weighted by atomic mass is 10.00. The molecule has 1 aliphatic heterocycles. The molecule has 1 rings (SSSR count). The molecule has 0 aromatic heterocycles. The Morgan fingerprint density at radius 3 is 1.18 bits per heavy atom. The third-order valence-corrected chi connectivity index (χ3v) is 12.9. The van der Waals surface area contributed by atoms with Crippen LogP contribution >= 0.6 is 0 Å². The minimum atomic E-state index is -4.60. The Labute approximate surface area is 378 Å². The number of aliphatic hydroxyl groups excluding tert-OH is 3. The Hall–Kier alpha value is -1.35. The van der Waals surface area contributed by atoms with Gasteiger partial charge in [0.05, 0.1) is 6.61 Å². The molecule has 6 atom stereocenters. The van der Waals surface area contributed by atoms with Crippen molar-refractivity contribution in [3.63, 3.8) is 0 Å². The molecule has 0 aromatic rings. The second-order valence-electron chi connectivity index (χ2n) is 18.2. The maximum absolute atomic E-state index is 12.8. The molecule has 1 saturated heterocycles. The first kappa shape index (κ1) is 58.7. The van der Waals surface area contributed by atoms with E-state index in [9.17, 15) is 37.9 Å². The van der Waals surface area contributed by atoms with Gasteiger partial charge in [-0.15, -0.1) is 0 Å². The zero-order chi connectivity index (χ0) is 45.5. The summed E-state index contributed by atoms with van der Waals surface area (Å²) in [5.74, 6) is -1.96.